The largest absolute Gasteiger partial charge is 0.284 e. The lowest BCUT2D eigenvalue weighted by Crippen LogP contribution is -2.44. The van der Waals surface area contributed by atoms with Crippen LogP contribution in [0.1, 0.15) is 129 Å². The van der Waals surface area contributed by atoms with Crippen LogP contribution in [0.15, 0.2) is 48.5 Å². The van der Waals surface area contributed by atoms with Crippen molar-refractivity contribution in [2.24, 2.45) is 0 Å². The van der Waals surface area contributed by atoms with Gasteiger partial charge in [0.15, 0.2) is 0 Å². The van der Waals surface area contributed by atoms with E-state index in [1.807, 2.05) is 0 Å². The van der Waals surface area contributed by atoms with Crippen LogP contribution < -0.4 is 9.36 Å². The third-order valence-electron chi connectivity index (χ3n) is 8.54. The van der Waals surface area contributed by atoms with Gasteiger partial charge in [0.1, 0.15) is 26.2 Å². The van der Waals surface area contributed by atoms with Crippen molar-refractivity contribution in [1.29, 1.82) is 0 Å². The van der Waals surface area contributed by atoms with Gasteiger partial charge in [-0.1, -0.05) is 75.2 Å². The van der Waals surface area contributed by atoms with Crippen molar-refractivity contribution >= 4 is 23.1 Å². The average molecular weight is 595 g/mol. The molecular weight excluding hydrogens is 556 g/mol. The SMILES string of the molecule is CCCCn1n[n+](CCCCCC[n+]2nn(CCCC)c3c2C(=O)c2ccccc2C3=O)c2c1C(=O)c1ccccc1C2=O. The molecule has 0 saturated heterocycles. The number of hydrogen-bond acceptors (Lipinski definition) is 6. The van der Waals surface area contributed by atoms with Crippen LogP contribution in [0.25, 0.3) is 0 Å². The summed E-state index contributed by atoms with van der Waals surface area (Å²) in [6.07, 6.45) is 6.95. The normalized spacial score (nSPS) is 13.6. The molecule has 0 N–H and O–H groups in total. The number of nitrogens with zero attached hydrogens (tertiary/aromatic N) is 6. The number of hydrogen-bond donors (Lipinski definition) is 0. The minimum Gasteiger partial charge on any atom is -0.284 e. The van der Waals surface area contributed by atoms with Crippen molar-refractivity contribution in [3.05, 3.63) is 93.6 Å². The monoisotopic (exact) mass is 594 g/mol. The maximum absolute atomic E-state index is 13.5. The lowest BCUT2D eigenvalue weighted by atomic mass is 9.90. The Morgan fingerprint density at radius 2 is 0.886 bits per heavy atom. The van der Waals surface area contributed by atoms with Gasteiger partial charge in [-0.3, -0.25) is 19.2 Å². The standard InChI is InChI=1S/C34H38N6O4/c1-3-5-19-37-27-29(33(43)25-17-11-9-15-23(25)31(27)41)39(35-37)21-13-7-8-14-22-40-30-28(38(36-40)20-6-4-2)32(42)24-16-10-12-18-26(24)34(30)44/h9-12,15-18H,3-8,13-14,19-22H2,1-2H3/q+2. The van der Waals surface area contributed by atoms with Crippen LogP contribution in [0.4, 0.5) is 0 Å². The summed E-state index contributed by atoms with van der Waals surface area (Å²) in [6.45, 7) is 6.41. The van der Waals surface area contributed by atoms with Gasteiger partial charge in [0.25, 0.3) is 0 Å². The Kier molecular flexibility index (Phi) is 8.41. The van der Waals surface area contributed by atoms with Crippen LogP contribution >= 0.6 is 0 Å². The van der Waals surface area contributed by atoms with Gasteiger partial charge in [0.2, 0.25) is 45.9 Å². The third-order valence-corrected chi connectivity index (χ3v) is 8.54. The minimum absolute atomic E-state index is 0.146. The van der Waals surface area contributed by atoms with Crippen molar-refractivity contribution in [1.82, 2.24) is 19.8 Å². The van der Waals surface area contributed by atoms with Crippen molar-refractivity contribution in [2.45, 2.75) is 91.4 Å². The fourth-order valence-corrected chi connectivity index (χ4v) is 6.21. The van der Waals surface area contributed by atoms with E-state index in [1.54, 1.807) is 67.3 Å². The number of unbranched alkanes of at least 4 members (excludes halogenated alkanes) is 5. The number of carbonyl (C=O) groups excluding carboxylic acids is 4. The van der Waals surface area contributed by atoms with E-state index in [9.17, 15) is 19.2 Å². The lowest BCUT2D eigenvalue weighted by molar-refractivity contribution is -0.758. The molecule has 0 atom stereocenters. The number of fused-ring (bicyclic) bond motifs is 4. The molecule has 2 aliphatic rings. The third kappa shape index (κ3) is 5.12. The summed E-state index contributed by atoms with van der Waals surface area (Å²) in [6, 6.07) is 14.0. The van der Waals surface area contributed by atoms with Gasteiger partial charge >= 0.3 is 0 Å². The fraction of sp³-hybridized carbons (Fsp3) is 0.412. The van der Waals surface area contributed by atoms with E-state index in [0.29, 0.717) is 71.2 Å². The molecule has 0 bridgehead atoms. The van der Waals surface area contributed by atoms with Crippen molar-refractivity contribution in [3.8, 4) is 0 Å². The smallest absolute Gasteiger partial charge is 0.249 e. The molecule has 10 heteroatoms. The molecule has 2 heterocycles. The Morgan fingerprint density at radius 1 is 0.523 bits per heavy atom. The summed E-state index contributed by atoms with van der Waals surface area (Å²) in [5.41, 5.74) is 3.30. The van der Waals surface area contributed by atoms with Gasteiger partial charge in [-0.2, -0.15) is 0 Å². The highest BCUT2D eigenvalue weighted by molar-refractivity contribution is 6.27. The van der Waals surface area contributed by atoms with Crippen LogP contribution in [0.3, 0.4) is 0 Å². The predicted octanol–water partition coefficient (Wildman–Crippen LogP) is 4.07. The zero-order valence-corrected chi connectivity index (χ0v) is 25.4. The Morgan fingerprint density at radius 3 is 1.25 bits per heavy atom. The molecule has 226 valence electrons. The summed E-state index contributed by atoms with van der Waals surface area (Å²) >= 11 is 0. The Bertz CT molecular complexity index is 1650. The van der Waals surface area contributed by atoms with E-state index in [2.05, 4.69) is 13.8 Å². The van der Waals surface area contributed by atoms with Crippen LogP contribution in [0, 0.1) is 0 Å². The number of aromatic nitrogens is 6. The Hall–Kier alpha value is -4.60. The number of ketones is 4. The molecule has 0 unspecified atom stereocenters. The Balaban J connectivity index is 1.13. The Labute approximate surface area is 256 Å². The van der Waals surface area contributed by atoms with Gasteiger partial charge in [-0.05, 0) is 38.5 Å². The zero-order valence-electron chi connectivity index (χ0n) is 25.4. The van der Waals surface area contributed by atoms with Gasteiger partial charge in [-0.15, -0.1) is 18.7 Å². The number of rotatable bonds is 13. The van der Waals surface area contributed by atoms with Gasteiger partial charge in [0, 0.05) is 22.3 Å². The summed E-state index contributed by atoms with van der Waals surface area (Å²) < 4.78 is 6.84. The molecule has 2 aliphatic carbocycles. The van der Waals surface area contributed by atoms with Gasteiger partial charge in [-0.25, -0.2) is 0 Å². The molecule has 0 radical (unpaired) electrons. The molecule has 44 heavy (non-hydrogen) atoms. The van der Waals surface area contributed by atoms with E-state index < -0.39 is 0 Å². The molecule has 0 fully saturated rings. The van der Waals surface area contributed by atoms with Crippen molar-refractivity contribution in [2.75, 3.05) is 0 Å². The summed E-state index contributed by atoms with van der Waals surface area (Å²) in [4.78, 5) is 53.7. The van der Waals surface area contributed by atoms with E-state index in [-0.39, 0.29) is 23.1 Å². The van der Waals surface area contributed by atoms with Crippen LogP contribution in [0.2, 0.25) is 0 Å². The highest BCUT2D eigenvalue weighted by atomic mass is 16.2. The molecule has 0 saturated carbocycles. The molecule has 0 amide bonds. The molecule has 2 aromatic carbocycles. The van der Waals surface area contributed by atoms with E-state index >= 15 is 0 Å². The van der Waals surface area contributed by atoms with Crippen molar-refractivity contribution < 1.29 is 28.5 Å². The van der Waals surface area contributed by atoms with Gasteiger partial charge < -0.3 is 0 Å². The van der Waals surface area contributed by atoms with E-state index in [0.717, 1.165) is 51.4 Å². The highest BCUT2D eigenvalue weighted by Gasteiger charge is 2.43. The first kappa shape index (κ1) is 29.5. The molecule has 4 aromatic rings. The van der Waals surface area contributed by atoms with Gasteiger partial charge in [0.05, 0.1) is 10.4 Å². The maximum atomic E-state index is 13.5. The molecule has 6 rings (SSSR count). The first-order valence-electron chi connectivity index (χ1n) is 15.8. The quantitative estimate of drug-likeness (QED) is 0.147. The summed E-state index contributed by atoms with van der Waals surface area (Å²) in [7, 11) is 0. The molecule has 0 spiro atoms. The first-order valence-corrected chi connectivity index (χ1v) is 15.8. The van der Waals surface area contributed by atoms with E-state index in [4.69, 9.17) is 10.4 Å². The average Bonchev–Trinajstić information content (AvgIpc) is 3.60. The molecular formula is C34H38N6O4+2. The highest BCUT2D eigenvalue weighted by Crippen LogP contribution is 2.27. The van der Waals surface area contributed by atoms with Crippen molar-refractivity contribution in [3.63, 3.8) is 0 Å². The fourth-order valence-electron chi connectivity index (χ4n) is 6.21. The topological polar surface area (TPSA) is 112 Å². The molecule has 0 aliphatic heterocycles. The zero-order chi connectivity index (χ0) is 30.8. The van der Waals surface area contributed by atoms with E-state index in [1.165, 1.54) is 0 Å². The second kappa shape index (κ2) is 12.6. The number of benzene rings is 2. The first-order chi connectivity index (χ1) is 21.5. The number of aryl methyl sites for hydroxylation is 4. The van der Waals surface area contributed by atoms with Crippen LogP contribution in [0.5, 0.6) is 0 Å². The second-order valence-corrected chi connectivity index (χ2v) is 11.6. The molecule has 2 aromatic heterocycles. The maximum Gasteiger partial charge on any atom is 0.249 e. The second-order valence-electron chi connectivity index (χ2n) is 11.6. The number of carbonyl (C=O) groups is 4. The molecule has 10 nitrogen and oxygen atoms in total. The lowest BCUT2D eigenvalue weighted by Gasteiger charge is -2.11. The summed E-state index contributed by atoms with van der Waals surface area (Å²) in [5.74, 6) is -0.601. The summed E-state index contributed by atoms with van der Waals surface area (Å²) in [5, 5.41) is 9.39. The predicted molar refractivity (Wildman–Crippen MR) is 160 cm³/mol. The van der Waals surface area contributed by atoms with Crippen LogP contribution in [-0.4, -0.2) is 42.9 Å². The minimum atomic E-state index is -0.154. The van der Waals surface area contributed by atoms with Crippen LogP contribution in [-0.2, 0) is 26.2 Å².